The Morgan fingerprint density at radius 1 is 1.03 bits per heavy atom. The number of anilines is 1. The Bertz CT molecular complexity index is 1280. The highest BCUT2D eigenvalue weighted by molar-refractivity contribution is 9.10. The Hall–Kier alpha value is -3.37. The molecule has 3 aromatic rings. The number of halogens is 1. The summed E-state index contributed by atoms with van der Waals surface area (Å²) >= 11 is 3.34. The molecule has 10 heteroatoms. The highest BCUT2D eigenvalue weighted by Gasteiger charge is 2.27. The maximum atomic E-state index is 13.4. The number of hydrogen-bond donors (Lipinski definition) is 1. The lowest BCUT2D eigenvalue weighted by Gasteiger charge is -2.23. The quantitative estimate of drug-likeness (QED) is 0.322. The SMILES string of the molecule is COc1ccc(OC)c(/C=N\NC(=O)CN(c2ccc(Br)cc2)S(=O)(=O)c2ccc(C)cc2)c1. The number of benzene rings is 3. The van der Waals surface area contributed by atoms with Crippen molar-refractivity contribution in [2.24, 2.45) is 5.10 Å². The molecule has 0 saturated carbocycles. The first-order valence-electron chi connectivity index (χ1n) is 10.1. The number of ether oxygens (including phenoxy) is 2. The monoisotopic (exact) mass is 545 g/mol. The van der Waals surface area contributed by atoms with Crippen LogP contribution < -0.4 is 19.2 Å². The third-order valence-corrected chi connectivity index (χ3v) is 7.16. The van der Waals surface area contributed by atoms with Crippen LogP contribution in [-0.4, -0.2) is 41.3 Å². The third kappa shape index (κ3) is 6.15. The number of aryl methyl sites for hydroxylation is 1. The molecule has 8 nitrogen and oxygen atoms in total. The van der Waals surface area contributed by atoms with Gasteiger partial charge < -0.3 is 9.47 Å². The number of amides is 1. The molecule has 0 heterocycles. The van der Waals surface area contributed by atoms with Crippen LogP contribution in [0.1, 0.15) is 11.1 Å². The maximum absolute atomic E-state index is 13.4. The topological polar surface area (TPSA) is 97.3 Å². The Kier molecular flexibility index (Phi) is 8.30. The van der Waals surface area contributed by atoms with Crippen LogP contribution in [0.2, 0.25) is 0 Å². The fraction of sp³-hybridized carbons (Fsp3) is 0.167. The summed E-state index contributed by atoms with van der Waals surface area (Å²) in [7, 11) is -0.952. The van der Waals surface area contributed by atoms with Crippen molar-refractivity contribution in [2.45, 2.75) is 11.8 Å². The van der Waals surface area contributed by atoms with Crippen molar-refractivity contribution in [2.75, 3.05) is 25.1 Å². The number of nitrogens with one attached hydrogen (secondary N) is 1. The number of hydrogen-bond acceptors (Lipinski definition) is 6. The van der Waals surface area contributed by atoms with E-state index in [1.807, 2.05) is 6.92 Å². The Morgan fingerprint density at radius 3 is 2.32 bits per heavy atom. The van der Waals surface area contributed by atoms with Crippen LogP contribution in [0, 0.1) is 6.92 Å². The molecular formula is C24H24BrN3O5S. The van der Waals surface area contributed by atoms with Gasteiger partial charge in [-0.2, -0.15) is 5.10 Å². The number of sulfonamides is 1. The van der Waals surface area contributed by atoms with Crippen LogP contribution in [0.15, 0.2) is 81.2 Å². The number of carbonyl (C=O) groups is 1. The second kappa shape index (κ2) is 11.2. The summed E-state index contributed by atoms with van der Waals surface area (Å²) in [6.07, 6.45) is 1.40. The molecule has 0 aliphatic carbocycles. The number of rotatable bonds is 9. The molecule has 0 fully saturated rings. The smallest absolute Gasteiger partial charge is 0.264 e. The van der Waals surface area contributed by atoms with Crippen molar-refractivity contribution in [1.82, 2.24) is 5.43 Å². The lowest BCUT2D eigenvalue weighted by molar-refractivity contribution is -0.119. The van der Waals surface area contributed by atoms with Gasteiger partial charge in [0.25, 0.3) is 15.9 Å². The van der Waals surface area contributed by atoms with Crippen LogP contribution in [0.3, 0.4) is 0 Å². The molecule has 0 radical (unpaired) electrons. The van der Waals surface area contributed by atoms with Crippen molar-refractivity contribution in [3.05, 3.63) is 82.3 Å². The first kappa shape index (κ1) is 25.3. The molecule has 178 valence electrons. The zero-order valence-electron chi connectivity index (χ0n) is 18.9. The summed E-state index contributed by atoms with van der Waals surface area (Å²) in [5.41, 5.74) is 4.24. The fourth-order valence-electron chi connectivity index (χ4n) is 3.04. The minimum Gasteiger partial charge on any atom is -0.497 e. The zero-order chi connectivity index (χ0) is 24.7. The summed E-state index contributed by atoms with van der Waals surface area (Å²) in [5.74, 6) is 0.521. The summed E-state index contributed by atoms with van der Waals surface area (Å²) in [5, 5.41) is 3.96. The predicted octanol–water partition coefficient (Wildman–Crippen LogP) is 4.12. The van der Waals surface area contributed by atoms with Crippen LogP contribution in [0.4, 0.5) is 5.69 Å². The number of methoxy groups -OCH3 is 2. The molecule has 1 amide bonds. The van der Waals surface area contributed by atoms with Crippen molar-refractivity contribution >= 4 is 43.8 Å². The summed E-state index contributed by atoms with van der Waals surface area (Å²) in [4.78, 5) is 12.8. The summed E-state index contributed by atoms with van der Waals surface area (Å²) in [6, 6.07) is 18.2. The molecule has 0 aromatic heterocycles. The van der Waals surface area contributed by atoms with Gasteiger partial charge in [0.05, 0.1) is 31.0 Å². The second-order valence-corrected chi connectivity index (χ2v) is 9.98. The molecule has 1 N–H and O–H groups in total. The third-order valence-electron chi connectivity index (χ3n) is 4.84. The van der Waals surface area contributed by atoms with Crippen molar-refractivity contribution in [3.63, 3.8) is 0 Å². The van der Waals surface area contributed by atoms with E-state index in [1.165, 1.54) is 32.6 Å². The number of nitrogens with zero attached hydrogens (tertiary/aromatic N) is 2. The second-order valence-electron chi connectivity index (χ2n) is 7.20. The average molecular weight is 546 g/mol. The number of carbonyl (C=O) groups excluding carboxylic acids is 1. The van der Waals surface area contributed by atoms with Crippen molar-refractivity contribution < 1.29 is 22.7 Å². The molecule has 0 spiro atoms. The van der Waals surface area contributed by atoms with E-state index in [0.717, 1.165) is 14.3 Å². The van der Waals surface area contributed by atoms with E-state index in [4.69, 9.17) is 9.47 Å². The molecule has 3 rings (SSSR count). The van der Waals surface area contributed by atoms with Gasteiger partial charge in [-0.1, -0.05) is 33.6 Å². The van der Waals surface area contributed by atoms with Crippen LogP contribution in [-0.2, 0) is 14.8 Å². The minimum atomic E-state index is -4.01. The molecule has 3 aromatic carbocycles. The summed E-state index contributed by atoms with van der Waals surface area (Å²) < 4.78 is 39.1. The van der Waals surface area contributed by atoms with Gasteiger partial charge in [-0.15, -0.1) is 0 Å². The highest BCUT2D eigenvalue weighted by atomic mass is 79.9. The largest absolute Gasteiger partial charge is 0.497 e. The molecular weight excluding hydrogens is 522 g/mol. The molecule has 0 bridgehead atoms. The first-order valence-corrected chi connectivity index (χ1v) is 12.4. The van der Waals surface area contributed by atoms with E-state index in [-0.39, 0.29) is 4.90 Å². The Balaban J connectivity index is 1.84. The maximum Gasteiger partial charge on any atom is 0.264 e. The van der Waals surface area contributed by atoms with Gasteiger partial charge in [-0.05, 0) is 61.5 Å². The Labute approximate surface area is 207 Å². The van der Waals surface area contributed by atoms with Crippen molar-refractivity contribution in [1.29, 1.82) is 0 Å². The van der Waals surface area contributed by atoms with Crippen LogP contribution in [0.5, 0.6) is 11.5 Å². The first-order chi connectivity index (χ1) is 16.2. The van der Waals surface area contributed by atoms with E-state index >= 15 is 0 Å². The Morgan fingerprint density at radius 2 is 1.71 bits per heavy atom. The van der Waals surface area contributed by atoms with E-state index in [1.54, 1.807) is 54.6 Å². The highest BCUT2D eigenvalue weighted by Crippen LogP contribution is 2.26. The standard InChI is InChI=1S/C24H24BrN3O5S/c1-17-4-11-22(12-5-17)34(30,31)28(20-8-6-19(25)7-9-20)16-24(29)27-26-15-18-14-21(32-2)10-13-23(18)33-3/h4-15H,16H2,1-3H3,(H,27,29)/b26-15-. The zero-order valence-corrected chi connectivity index (χ0v) is 21.3. The van der Waals surface area contributed by atoms with E-state index in [0.29, 0.717) is 22.7 Å². The summed E-state index contributed by atoms with van der Waals surface area (Å²) in [6.45, 7) is 1.40. The lowest BCUT2D eigenvalue weighted by Crippen LogP contribution is -2.39. The molecule has 0 atom stereocenters. The van der Waals surface area contributed by atoms with Gasteiger partial charge >= 0.3 is 0 Å². The van der Waals surface area contributed by atoms with E-state index in [9.17, 15) is 13.2 Å². The molecule has 0 saturated heterocycles. The molecule has 0 aliphatic heterocycles. The molecule has 34 heavy (non-hydrogen) atoms. The van der Waals surface area contributed by atoms with E-state index < -0.39 is 22.5 Å². The lowest BCUT2D eigenvalue weighted by atomic mass is 10.2. The fourth-order valence-corrected chi connectivity index (χ4v) is 4.73. The predicted molar refractivity (Wildman–Crippen MR) is 135 cm³/mol. The van der Waals surface area contributed by atoms with Gasteiger partial charge in [-0.25, -0.2) is 13.8 Å². The number of hydrazone groups is 1. The molecule has 0 unspecified atom stereocenters. The average Bonchev–Trinajstić information content (AvgIpc) is 2.83. The van der Waals surface area contributed by atoms with Gasteiger partial charge in [-0.3, -0.25) is 9.10 Å². The van der Waals surface area contributed by atoms with Crippen LogP contribution in [0.25, 0.3) is 0 Å². The minimum absolute atomic E-state index is 0.0819. The van der Waals surface area contributed by atoms with Gasteiger partial charge in [0.1, 0.15) is 18.0 Å². The van der Waals surface area contributed by atoms with Gasteiger partial charge in [0, 0.05) is 10.0 Å². The van der Waals surface area contributed by atoms with Crippen LogP contribution >= 0.6 is 15.9 Å². The normalized spacial score (nSPS) is 11.3. The van der Waals surface area contributed by atoms with Crippen molar-refractivity contribution in [3.8, 4) is 11.5 Å². The van der Waals surface area contributed by atoms with Gasteiger partial charge in [0.2, 0.25) is 0 Å². The van der Waals surface area contributed by atoms with Gasteiger partial charge in [0.15, 0.2) is 0 Å². The molecule has 0 aliphatic rings. The van der Waals surface area contributed by atoms with E-state index in [2.05, 4.69) is 26.5 Å².